The molecule has 0 unspecified atom stereocenters. The molecule has 43 heavy (non-hydrogen) atoms. The lowest BCUT2D eigenvalue weighted by atomic mass is 9.92. The van der Waals surface area contributed by atoms with Crippen LogP contribution in [-0.4, -0.2) is 37.7 Å². The zero-order chi connectivity index (χ0) is 29.0. The number of likely N-dealkylation sites (tertiary alicyclic amines) is 1. The summed E-state index contributed by atoms with van der Waals surface area (Å²) in [6.45, 7) is 6.31. The molecule has 0 radical (unpaired) electrons. The molecule has 3 aromatic carbocycles. The van der Waals surface area contributed by atoms with Gasteiger partial charge in [0, 0.05) is 60.0 Å². The third-order valence-electron chi connectivity index (χ3n) is 8.73. The van der Waals surface area contributed by atoms with E-state index in [4.69, 9.17) is 10.1 Å². The minimum absolute atomic E-state index is 0.571. The fourth-order valence-corrected chi connectivity index (χ4v) is 6.45. The number of hydrogen-bond acceptors (Lipinski definition) is 4. The minimum Gasteiger partial charge on any atom is -0.299 e. The Morgan fingerprint density at radius 1 is 0.767 bits per heavy atom. The van der Waals surface area contributed by atoms with Crippen molar-refractivity contribution in [1.82, 2.24) is 24.6 Å². The molecule has 0 saturated carbocycles. The number of piperidine rings is 1. The van der Waals surface area contributed by atoms with Crippen LogP contribution in [0.2, 0.25) is 0 Å². The third-order valence-corrected chi connectivity index (χ3v) is 8.73. The van der Waals surface area contributed by atoms with Gasteiger partial charge >= 0.3 is 0 Å². The highest BCUT2D eigenvalue weighted by Gasteiger charge is 2.24. The van der Waals surface area contributed by atoms with E-state index < -0.39 is 0 Å². The van der Waals surface area contributed by atoms with Gasteiger partial charge in [-0.25, -0.2) is 4.98 Å². The Morgan fingerprint density at radius 2 is 1.51 bits per heavy atom. The quantitative estimate of drug-likeness (QED) is 0.187. The molecular weight excluding hydrogens is 526 g/mol. The van der Waals surface area contributed by atoms with E-state index in [-0.39, 0.29) is 0 Å². The van der Waals surface area contributed by atoms with Gasteiger partial charge in [0.15, 0.2) is 0 Å². The highest BCUT2D eigenvalue weighted by molar-refractivity contribution is 5.91. The fourth-order valence-electron chi connectivity index (χ4n) is 6.45. The number of benzene rings is 3. The smallest absolute Gasteiger partial charge is 0.0788 e. The van der Waals surface area contributed by atoms with Gasteiger partial charge in [-0.15, -0.1) is 0 Å². The number of rotatable bonds is 8. The van der Waals surface area contributed by atoms with Crippen molar-refractivity contribution in [1.29, 1.82) is 0 Å². The average Bonchev–Trinajstić information content (AvgIpc) is 3.48. The number of nitrogens with zero attached hydrogens (tertiary/aromatic N) is 5. The van der Waals surface area contributed by atoms with E-state index in [1.54, 1.807) is 0 Å². The van der Waals surface area contributed by atoms with Crippen LogP contribution in [0.25, 0.3) is 33.3 Å². The summed E-state index contributed by atoms with van der Waals surface area (Å²) in [6, 6.07) is 36.8. The molecule has 5 heteroatoms. The largest absolute Gasteiger partial charge is 0.299 e. The van der Waals surface area contributed by atoms with Gasteiger partial charge in [-0.3, -0.25) is 14.6 Å². The van der Waals surface area contributed by atoms with Gasteiger partial charge in [0.2, 0.25) is 0 Å². The summed E-state index contributed by atoms with van der Waals surface area (Å²) in [5, 5.41) is 6.01. The monoisotopic (exact) mass is 563 g/mol. The van der Waals surface area contributed by atoms with Crippen molar-refractivity contribution in [3.05, 3.63) is 138 Å². The van der Waals surface area contributed by atoms with Crippen molar-refractivity contribution in [2.45, 2.75) is 45.2 Å². The van der Waals surface area contributed by atoms with Crippen molar-refractivity contribution >= 4 is 10.9 Å². The lowest BCUT2D eigenvalue weighted by molar-refractivity contribution is 0.201. The SMILES string of the molecule is CCn1nc(Cc2ccccc2)cc1C1CCN(Cc2ccc(-c3nc4ccncc4cc3-c3ccccc3)cc2)CC1. The second-order valence-electron chi connectivity index (χ2n) is 11.6. The zero-order valence-corrected chi connectivity index (χ0v) is 24.7. The van der Waals surface area contributed by atoms with Gasteiger partial charge in [-0.1, -0.05) is 84.9 Å². The van der Waals surface area contributed by atoms with Crippen LogP contribution >= 0.6 is 0 Å². The number of aromatic nitrogens is 4. The van der Waals surface area contributed by atoms with Gasteiger partial charge in [0.1, 0.15) is 0 Å². The average molecular weight is 564 g/mol. The first-order valence-corrected chi connectivity index (χ1v) is 15.5. The molecule has 0 N–H and O–H groups in total. The number of pyridine rings is 2. The van der Waals surface area contributed by atoms with Crippen LogP contribution in [0.3, 0.4) is 0 Å². The molecule has 0 amide bonds. The van der Waals surface area contributed by atoms with Crippen molar-refractivity contribution in [3.8, 4) is 22.4 Å². The van der Waals surface area contributed by atoms with Gasteiger partial charge in [0.25, 0.3) is 0 Å². The molecule has 0 aliphatic carbocycles. The Hall–Kier alpha value is -4.61. The molecule has 5 nitrogen and oxygen atoms in total. The Labute approximate surface area is 253 Å². The highest BCUT2D eigenvalue weighted by Crippen LogP contribution is 2.34. The van der Waals surface area contributed by atoms with E-state index in [1.807, 2.05) is 18.5 Å². The molecular formula is C38H37N5. The van der Waals surface area contributed by atoms with Crippen LogP contribution in [0.5, 0.6) is 0 Å². The standard InChI is InChI=1S/C38H37N5/c1-2-43-37(25-34(41-43)23-28-9-5-3-6-10-28)31-18-21-42(22-19-31)27-29-13-15-32(16-14-29)38-35(30-11-7-4-8-12-30)24-33-26-39-20-17-36(33)40-38/h3-17,20,24-26,31H,2,18-19,21-23,27H2,1H3. The highest BCUT2D eigenvalue weighted by atomic mass is 15.3. The predicted octanol–water partition coefficient (Wildman–Crippen LogP) is 8.15. The second kappa shape index (κ2) is 12.3. The van der Waals surface area contributed by atoms with E-state index in [1.165, 1.54) is 40.9 Å². The van der Waals surface area contributed by atoms with Crippen molar-refractivity contribution in [2.24, 2.45) is 0 Å². The van der Waals surface area contributed by atoms with Crippen LogP contribution in [0.4, 0.5) is 0 Å². The molecule has 1 fully saturated rings. The predicted molar refractivity (Wildman–Crippen MR) is 175 cm³/mol. The van der Waals surface area contributed by atoms with Gasteiger partial charge in [-0.05, 0) is 67.7 Å². The Balaban J connectivity index is 1.04. The molecule has 3 aromatic heterocycles. The van der Waals surface area contributed by atoms with Crippen LogP contribution in [0.15, 0.2) is 116 Å². The van der Waals surface area contributed by atoms with E-state index in [0.29, 0.717) is 5.92 Å². The number of fused-ring (bicyclic) bond motifs is 1. The van der Waals surface area contributed by atoms with Gasteiger partial charge in [-0.2, -0.15) is 5.10 Å². The van der Waals surface area contributed by atoms with E-state index in [2.05, 4.69) is 119 Å². The van der Waals surface area contributed by atoms with Gasteiger partial charge in [0.05, 0.1) is 16.9 Å². The normalized spacial score (nSPS) is 14.3. The molecule has 214 valence electrons. The van der Waals surface area contributed by atoms with Crippen LogP contribution in [-0.2, 0) is 19.5 Å². The molecule has 0 bridgehead atoms. The summed E-state index contributed by atoms with van der Waals surface area (Å²) in [7, 11) is 0. The fraction of sp³-hybridized carbons (Fsp3) is 0.237. The molecule has 0 atom stereocenters. The van der Waals surface area contributed by atoms with Crippen LogP contribution in [0, 0.1) is 0 Å². The lowest BCUT2D eigenvalue weighted by Gasteiger charge is -2.32. The molecule has 4 heterocycles. The molecule has 1 aliphatic heterocycles. The Kier molecular flexibility index (Phi) is 7.80. The lowest BCUT2D eigenvalue weighted by Crippen LogP contribution is -2.33. The zero-order valence-electron chi connectivity index (χ0n) is 24.7. The number of aryl methyl sites for hydroxylation is 1. The van der Waals surface area contributed by atoms with Crippen LogP contribution in [0.1, 0.15) is 48.2 Å². The van der Waals surface area contributed by atoms with Crippen molar-refractivity contribution in [2.75, 3.05) is 13.1 Å². The van der Waals surface area contributed by atoms with Crippen LogP contribution < -0.4 is 0 Å². The maximum atomic E-state index is 5.09. The summed E-state index contributed by atoms with van der Waals surface area (Å²) in [5.41, 5.74) is 10.7. The van der Waals surface area contributed by atoms with Crippen molar-refractivity contribution < 1.29 is 0 Å². The Morgan fingerprint density at radius 3 is 2.26 bits per heavy atom. The first kappa shape index (κ1) is 27.2. The van der Waals surface area contributed by atoms with Crippen molar-refractivity contribution in [3.63, 3.8) is 0 Å². The third kappa shape index (κ3) is 5.99. The second-order valence-corrected chi connectivity index (χ2v) is 11.6. The first-order chi connectivity index (χ1) is 21.2. The summed E-state index contributed by atoms with van der Waals surface area (Å²) in [5.74, 6) is 0.571. The molecule has 1 aliphatic rings. The van der Waals surface area contributed by atoms with Gasteiger partial charge < -0.3 is 0 Å². The topological polar surface area (TPSA) is 46.8 Å². The summed E-state index contributed by atoms with van der Waals surface area (Å²) in [6.07, 6.45) is 6.95. The number of hydrogen-bond donors (Lipinski definition) is 0. The summed E-state index contributed by atoms with van der Waals surface area (Å²) in [4.78, 5) is 12.0. The molecule has 6 aromatic rings. The summed E-state index contributed by atoms with van der Waals surface area (Å²) < 4.78 is 2.23. The van der Waals surface area contributed by atoms with E-state index >= 15 is 0 Å². The molecule has 0 spiro atoms. The maximum Gasteiger partial charge on any atom is 0.0788 e. The van der Waals surface area contributed by atoms with E-state index in [9.17, 15) is 0 Å². The molecule has 1 saturated heterocycles. The summed E-state index contributed by atoms with van der Waals surface area (Å²) >= 11 is 0. The Bertz CT molecular complexity index is 1800. The van der Waals surface area contributed by atoms with E-state index in [0.717, 1.165) is 60.3 Å². The molecule has 7 rings (SSSR count). The first-order valence-electron chi connectivity index (χ1n) is 15.5. The maximum absolute atomic E-state index is 5.09. The minimum atomic E-state index is 0.571.